The van der Waals surface area contributed by atoms with E-state index in [2.05, 4.69) is 45.8 Å². The summed E-state index contributed by atoms with van der Waals surface area (Å²) in [6.07, 6.45) is 6.11. The minimum Gasteiger partial charge on any atom is -0.477 e. The molecule has 0 amide bonds. The lowest BCUT2D eigenvalue weighted by molar-refractivity contribution is 0.0712. The molecule has 0 spiro atoms. The van der Waals surface area contributed by atoms with Crippen molar-refractivity contribution in [3.8, 4) is 5.88 Å². The van der Waals surface area contributed by atoms with E-state index >= 15 is 0 Å². The van der Waals surface area contributed by atoms with Crippen LogP contribution in [0.2, 0.25) is 0 Å². The zero-order valence-corrected chi connectivity index (χ0v) is 22.0. The van der Waals surface area contributed by atoms with Crippen LogP contribution in [0, 0.1) is 11.7 Å². The molecule has 3 fully saturated rings. The summed E-state index contributed by atoms with van der Waals surface area (Å²) >= 11 is 0. The normalized spacial score (nSPS) is 27.4. The van der Waals surface area contributed by atoms with E-state index in [-0.39, 0.29) is 5.82 Å². The maximum atomic E-state index is 13.8. The zero-order valence-electron chi connectivity index (χ0n) is 22.0. The van der Waals surface area contributed by atoms with Gasteiger partial charge >= 0.3 is 0 Å². The van der Waals surface area contributed by atoms with Gasteiger partial charge in [-0.25, -0.2) is 9.37 Å². The molecule has 3 aliphatic rings. The molecule has 198 valence electrons. The van der Waals surface area contributed by atoms with Crippen molar-refractivity contribution in [1.29, 1.82) is 0 Å². The molecule has 7 nitrogen and oxygen atoms in total. The van der Waals surface area contributed by atoms with Gasteiger partial charge in [0, 0.05) is 62.8 Å². The number of piperidine rings is 2. The summed E-state index contributed by atoms with van der Waals surface area (Å²) in [5.74, 6) is 1.75. The predicted octanol–water partition coefficient (Wildman–Crippen LogP) is 5.10. The molecule has 0 unspecified atom stereocenters. The highest BCUT2D eigenvalue weighted by molar-refractivity contribution is 5.88. The van der Waals surface area contributed by atoms with E-state index in [1.54, 1.807) is 6.07 Å². The number of ether oxygens (including phenoxy) is 1. The van der Waals surface area contributed by atoms with Crippen molar-refractivity contribution >= 4 is 16.8 Å². The first kappa shape index (κ1) is 24.6. The number of halogens is 1. The monoisotopic (exact) mass is 507 g/mol. The number of aromatic nitrogens is 2. The Morgan fingerprint density at radius 2 is 1.89 bits per heavy atom. The minimum absolute atomic E-state index is 0.258. The van der Waals surface area contributed by atoms with Gasteiger partial charge in [0.1, 0.15) is 5.82 Å². The van der Waals surface area contributed by atoms with Crippen molar-refractivity contribution in [2.24, 2.45) is 5.92 Å². The number of fused-ring (bicyclic) bond motifs is 2. The van der Waals surface area contributed by atoms with Gasteiger partial charge in [-0.05, 0) is 63.8 Å². The third-order valence-corrected chi connectivity index (χ3v) is 8.69. The maximum absolute atomic E-state index is 13.8. The standard InChI is InChI=1S/C29H38FN5O2/c1-20-5-3-6-21(2)35(20)17-24-7-4-8-28(31-24)36-19-22-9-11-25-18-34(14-13-33(25)16-22)29-26-15-23(30)10-12-27(26)37-32-29/h4,7-8,10,12,15,20-22,25H,3,5-6,9,11,13-14,16-19H2,1-2H3/t20-,21-,22-,25+/m1/s1. The smallest absolute Gasteiger partial charge is 0.213 e. The number of rotatable bonds is 6. The molecule has 2 aromatic heterocycles. The fourth-order valence-electron chi connectivity index (χ4n) is 6.52. The van der Waals surface area contributed by atoms with Gasteiger partial charge in [-0.1, -0.05) is 17.6 Å². The molecule has 3 aliphatic heterocycles. The number of nitrogens with zero attached hydrogens (tertiary/aromatic N) is 5. The van der Waals surface area contributed by atoms with Gasteiger partial charge in [0.05, 0.1) is 17.7 Å². The molecule has 0 radical (unpaired) electrons. The van der Waals surface area contributed by atoms with Crippen molar-refractivity contribution < 1.29 is 13.7 Å². The Balaban J connectivity index is 1.02. The summed E-state index contributed by atoms with van der Waals surface area (Å²) in [5.41, 5.74) is 1.73. The second-order valence-electron chi connectivity index (χ2n) is 11.3. The largest absolute Gasteiger partial charge is 0.477 e. The van der Waals surface area contributed by atoms with Crippen LogP contribution in [0.4, 0.5) is 10.2 Å². The molecule has 1 aromatic carbocycles. The van der Waals surface area contributed by atoms with Crippen LogP contribution in [0.1, 0.15) is 51.6 Å². The van der Waals surface area contributed by atoms with Crippen LogP contribution in [0.3, 0.4) is 0 Å². The van der Waals surface area contributed by atoms with Crippen molar-refractivity contribution in [2.75, 3.05) is 37.7 Å². The maximum Gasteiger partial charge on any atom is 0.213 e. The van der Waals surface area contributed by atoms with Crippen LogP contribution in [-0.2, 0) is 6.54 Å². The molecule has 0 saturated carbocycles. The van der Waals surface area contributed by atoms with Gasteiger partial charge < -0.3 is 14.2 Å². The molecular formula is C29H38FN5O2. The SMILES string of the molecule is C[C@@H]1CCC[C@@H](C)N1Cc1cccc(OC[C@@H]2CC[C@H]3CN(c4noc5ccc(F)cc45)CCN3C2)n1. The van der Waals surface area contributed by atoms with Gasteiger partial charge in [0.25, 0.3) is 0 Å². The minimum atomic E-state index is -0.258. The summed E-state index contributed by atoms with van der Waals surface area (Å²) < 4.78 is 25.5. The molecule has 0 bridgehead atoms. The van der Waals surface area contributed by atoms with Crippen LogP contribution < -0.4 is 9.64 Å². The Morgan fingerprint density at radius 1 is 1.03 bits per heavy atom. The molecule has 37 heavy (non-hydrogen) atoms. The number of benzene rings is 1. The molecule has 0 N–H and O–H groups in total. The van der Waals surface area contributed by atoms with E-state index in [1.165, 1.54) is 31.4 Å². The lowest BCUT2D eigenvalue weighted by atomic mass is 9.91. The molecule has 0 aliphatic carbocycles. The molecular weight excluding hydrogens is 469 g/mol. The van der Waals surface area contributed by atoms with Gasteiger partial charge in [-0.15, -0.1) is 0 Å². The van der Waals surface area contributed by atoms with E-state index in [0.717, 1.165) is 68.3 Å². The van der Waals surface area contributed by atoms with Crippen molar-refractivity contribution in [3.05, 3.63) is 47.9 Å². The van der Waals surface area contributed by atoms with Crippen molar-refractivity contribution in [2.45, 2.75) is 70.6 Å². The number of hydrogen-bond acceptors (Lipinski definition) is 7. The summed E-state index contributed by atoms with van der Waals surface area (Å²) in [4.78, 5) is 12.3. The van der Waals surface area contributed by atoms with E-state index in [9.17, 15) is 4.39 Å². The fourth-order valence-corrected chi connectivity index (χ4v) is 6.52. The Morgan fingerprint density at radius 3 is 2.76 bits per heavy atom. The zero-order chi connectivity index (χ0) is 25.4. The molecule has 3 saturated heterocycles. The summed E-state index contributed by atoms with van der Waals surface area (Å²) in [5, 5.41) is 5.02. The molecule has 8 heteroatoms. The lowest BCUT2D eigenvalue weighted by Crippen LogP contribution is -2.57. The first-order valence-corrected chi connectivity index (χ1v) is 13.9. The second kappa shape index (κ2) is 10.6. The van der Waals surface area contributed by atoms with Gasteiger partial charge in [0.15, 0.2) is 11.4 Å². The molecule has 4 atom stereocenters. The number of anilines is 1. The lowest BCUT2D eigenvalue weighted by Gasteiger charge is -2.46. The Hall–Kier alpha value is -2.71. The number of likely N-dealkylation sites (tertiary alicyclic amines) is 1. The topological polar surface area (TPSA) is 57.9 Å². The highest BCUT2D eigenvalue weighted by Crippen LogP contribution is 2.32. The van der Waals surface area contributed by atoms with Crippen molar-refractivity contribution in [1.82, 2.24) is 19.9 Å². The summed E-state index contributed by atoms with van der Waals surface area (Å²) in [6.45, 7) is 10.0. The van der Waals surface area contributed by atoms with Gasteiger partial charge in [-0.2, -0.15) is 0 Å². The summed E-state index contributed by atoms with van der Waals surface area (Å²) in [6, 6.07) is 12.5. The molecule has 3 aromatic rings. The van der Waals surface area contributed by atoms with Gasteiger partial charge in [0.2, 0.25) is 5.88 Å². The van der Waals surface area contributed by atoms with E-state index in [1.807, 2.05) is 6.07 Å². The predicted molar refractivity (Wildman–Crippen MR) is 142 cm³/mol. The average molecular weight is 508 g/mol. The number of pyridine rings is 1. The average Bonchev–Trinajstić information content (AvgIpc) is 3.32. The van der Waals surface area contributed by atoms with Crippen molar-refractivity contribution in [3.63, 3.8) is 0 Å². The molecule has 5 heterocycles. The van der Waals surface area contributed by atoms with Crippen LogP contribution >= 0.6 is 0 Å². The quantitative estimate of drug-likeness (QED) is 0.460. The van der Waals surface area contributed by atoms with E-state index < -0.39 is 0 Å². The molecule has 6 rings (SSSR count). The van der Waals surface area contributed by atoms with Gasteiger partial charge in [-0.3, -0.25) is 9.80 Å². The van der Waals surface area contributed by atoms with Crippen LogP contribution in [0.15, 0.2) is 40.9 Å². The number of hydrogen-bond donors (Lipinski definition) is 0. The van der Waals surface area contributed by atoms with E-state index in [4.69, 9.17) is 14.2 Å². The second-order valence-corrected chi connectivity index (χ2v) is 11.3. The Bertz CT molecular complexity index is 1210. The Kier molecular flexibility index (Phi) is 7.04. The van der Waals surface area contributed by atoms with Crippen LogP contribution in [0.5, 0.6) is 5.88 Å². The highest BCUT2D eigenvalue weighted by atomic mass is 19.1. The van der Waals surface area contributed by atoms with Crippen LogP contribution in [0.25, 0.3) is 11.0 Å². The third kappa shape index (κ3) is 5.32. The third-order valence-electron chi connectivity index (χ3n) is 8.69. The first-order valence-electron chi connectivity index (χ1n) is 13.9. The first-order chi connectivity index (χ1) is 18.0. The summed E-state index contributed by atoms with van der Waals surface area (Å²) in [7, 11) is 0. The highest BCUT2D eigenvalue weighted by Gasteiger charge is 2.34. The Labute approximate surface area is 218 Å². The number of piperazine rings is 1. The fraction of sp³-hybridized carbons (Fsp3) is 0.586. The van der Waals surface area contributed by atoms with Crippen LogP contribution in [-0.4, -0.2) is 70.9 Å². The van der Waals surface area contributed by atoms with E-state index in [0.29, 0.717) is 36.2 Å².